The van der Waals surface area contributed by atoms with Crippen molar-refractivity contribution in [3.05, 3.63) is 0 Å². The fraction of sp³-hybridized carbons (Fsp3) is 1.00. The van der Waals surface area contributed by atoms with Crippen molar-refractivity contribution in [1.29, 1.82) is 0 Å². The molecule has 4 saturated carbocycles. The molecular weight excluding hydrogens is 278 g/mol. The summed E-state index contributed by atoms with van der Waals surface area (Å²) in [7, 11) is 0. The Hall–Kier alpha value is -0.0400. The first-order valence-electron chi connectivity index (χ1n) is 10.6. The van der Waals surface area contributed by atoms with Crippen molar-refractivity contribution in [1.82, 2.24) is 0 Å². The molecule has 0 aromatic heterocycles. The molecule has 4 aliphatic rings. The van der Waals surface area contributed by atoms with Crippen LogP contribution >= 0.6 is 0 Å². The predicted octanol–water partition coefficient (Wildman–Crippen LogP) is 5.63. The van der Waals surface area contributed by atoms with Crippen LogP contribution in [0.4, 0.5) is 0 Å². The van der Waals surface area contributed by atoms with Crippen molar-refractivity contribution in [3.63, 3.8) is 0 Å². The van der Waals surface area contributed by atoms with E-state index in [1.807, 2.05) is 0 Å². The summed E-state index contributed by atoms with van der Waals surface area (Å²) in [6, 6.07) is 0.496. The summed E-state index contributed by atoms with van der Waals surface area (Å²) in [5.41, 5.74) is 7.60. The van der Waals surface area contributed by atoms with Crippen molar-refractivity contribution >= 4 is 0 Å². The highest BCUT2D eigenvalue weighted by atomic mass is 14.7. The number of hydrogen-bond donors (Lipinski definition) is 1. The summed E-state index contributed by atoms with van der Waals surface area (Å²) in [6.45, 7) is 10.3. The van der Waals surface area contributed by atoms with Gasteiger partial charge in [0.05, 0.1) is 0 Å². The second-order valence-electron chi connectivity index (χ2n) is 10.7. The van der Waals surface area contributed by atoms with Gasteiger partial charge in [0.25, 0.3) is 0 Å². The Morgan fingerprint density at radius 3 is 2.26 bits per heavy atom. The SMILES string of the molecule is CC(C)C1CCC2C3CCC4CC(N)CCC4(C)C3CCC12C. The van der Waals surface area contributed by atoms with Gasteiger partial charge in [-0.15, -0.1) is 0 Å². The van der Waals surface area contributed by atoms with Gasteiger partial charge in [0.2, 0.25) is 0 Å². The van der Waals surface area contributed by atoms with Crippen molar-refractivity contribution in [3.8, 4) is 0 Å². The summed E-state index contributed by atoms with van der Waals surface area (Å²) in [4.78, 5) is 0. The van der Waals surface area contributed by atoms with E-state index >= 15 is 0 Å². The van der Waals surface area contributed by atoms with Gasteiger partial charge in [0, 0.05) is 6.04 Å². The van der Waals surface area contributed by atoms with E-state index in [9.17, 15) is 0 Å². The molecule has 1 heteroatoms. The van der Waals surface area contributed by atoms with E-state index in [2.05, 4.69) is 27.7 Å². The molecule has 4 fully saturated rings. The molecule has 8 unspecified atom stereocenters. The van der Waals surface area contributed by atoms with Crippen LogP contribution in [-0.2, 0) is 0 Å². The molecule has 0 saturated heterocycles. The van der Waals surface area contributed by atoms with E-state index in [0.717, 1.165) is 35.5 Å². The summed E-state index contributed by atoms with van der Waals surface area (Å²) in [6.07, 6.45) is 13.1. The fourth-order valence-corrected chi connectivity index (χ4v) is 8.43. The Labute approximate surface area is 144 Å². The lowest BCUT2D eigenvalue weighted by Crippen LogP contribution is -2.54. The molecule has 4 aliphatic carbocycles. The normalized spacial score (nSPS) is 56.1. The molecule has 0 bridgehead atoms. The molecule has 0 amide bonds. The Bertz CT molecular complexity index is 457. The third-order valence-corrected chi connectivity index (χ3v) is 9.58. The highest BCUT2D eigenvalue weighted by Gasteiger charge is 2.60. The highest BCUT2D eigenvalue weighted by molar-refractivity contribution is 5.09. The van der Waals surface area contributed by atoms with E-state index in [1.165, 1.54) is 57.8 Å². The predicted molar refractivity (Wildman–Crippen MR) is 98.0 cm³/mol. The molecule has 0 aromatic rings. The van der Waals surface area contributed by atoms with Crippen LogP contribution in [-0.4, -0.2) is 6.04 Å². The van der Waals surface area contributed by atoms with Crippen molar-refractivity contribution < 1.29 is 0 Å². The number of fused-ring (bicyclic) bond motifs is 5. The first kappa shape index (κ1) is 16.4. The highest BCUT2D eigenvalue weighted by Crippen LogP contribution is 2.68. The van der Waals surface area contributed by atoms with Gasteiger partial charge in [0.1, 0.15) is 0 Å². The van der Waals surface area contributed by atoms with E-state index in [-0.39, 0.29) is 0 Å². The van der Waals surface area contributed by atoms with Gasteiger partial charge in [-0.2, -0.15) is 0 Å². The molecule has 23 heavy (non-hydrogen) atoms. The molecular formula is C22H39N. The molecule has 2 N–H and O–H groups in total. The second-order valence-corrected chi connectivity index (χ2v) is 10.7. The Kier molecular flexibility index (Phi) is 3.91. The molecule has 0 aliphatic heterocycles. The maximum atomic E-state index is 6.33. The van der Waals surface area contributed by atoms with Gasteiger partial charge in [-0.05, 0) is 104 Å². The Morgan fingerprint density at radius 2 is 1.52 bits per heavy atom. The maximum Gasteiger partial charge on any atom is 0.00418 e. The minimum absolute atomic E-state index is 0.496. The standard InChI is InChI=1S/C22H39N/c1-14(2)18-7-8-19-17-6-5-15-13-16(23)9-11-21(15,3)20(17)10-12-22(18,19)4/h14-20H,5-13,23H2,1-4H3. The van der Waals surface area contributed by atoms with Crippen molar-refractivity contribution in [2.75, 3.05) is 0 Å². The minimum Gasteiger partial charge on any atom is -0.328 e. The van der Waals surface area contributed by atoms with E-state index in [0.29, 0.717) is 16.9 Å². The zero-order valence-corrected chi connectivity index (χ0v) is 16.0. The lowest BCUT2D eigenvalue weighted by atomic mass is 9.44. The molecule has 0 spiro atoms. The average molecular weight is 318 g/mol. The summed E-state index contributed by atoms with van der Waals surface area (Å²) in [5, 5.41) is 0. The average Bonchev–Trinajstić information content (AvgIpc) is 2.85. The van der Waals surface area contributed by atoms with Crippen LogP contribution < -0.4 is 5.73 Å². The molecule has 132 valence electrons. The largest absolute Gasteiger partial charge is 0.328 e. The Balaban J connectivity index is 1.60. The lowest BCUT2D eigenvalue weighted by molar-refractivity contribution is -0.115. The lowest BCUT2D eigenvalue weighted by Gasteiger charge is -2.61. The molecule has 0 heterocycles. The summed E-state index contributed by atoms with van der Waals surface area (Å²) < 4.78 is 0. The van der Waals surface area contributed by atoms with Crippen LogP contribution in [0.2, 0.25) is 0 Å². The van der Waals surface area contributed by atoms with E-state index in [4.69, 9.17) is 5.73 Å². The zero-order valence-electron chi connectivity index (χ0n) is 16.0. The number of hydrogen-bond acceptors (Lipinski definition) is 1. The molecule has 4 rings (SSSR count). The minimum atomic E-state index is 0.496. The van der Waals surface area contributed by atoms with Gasteiger partial charge < -0.3 is 5.73 Å². The molecule has 1 nitrogen and oxygen atoms in total. The van der Waals surface area contributed by atoms with Crippen LogP contribution in [0.5, 0.6) is 0 Å². The van der Waals surface area contributed by atoms with Gasteiger partial charge in [-0.3, -0.25) is 0 Å². The van der Waals surface area contributed by atoms with Gasteiger partial charge in [-0.25, -0.2) is 0 Å². The van der Waals surface area contributed by atoms with Gasteiger partial charge in [-0.1, -0.05) is 27.7 Å². The number of rotatable bonds is 1. The van der Waals surface area contributed by atoms with Crippen LogP contribution in [0.25, 0.3) is 0 Å². The maximum absolute atomic E-state index is 6.33. The smallest absolute Gasteiger partial charge is 0.00418 e. The Morgan fingerprint density at radius 1 is 0.826 bits per heavy atom. The second kappa shape index (κ2) is 5.48. The summed E-state index contributed by atoms with van der Waals surface area (Å²) in [5.74, 6) is 5.87. The van der Waals surface area contributed by atoms with Gasteiger partial charge >= 0.3 is 0 Å². The molecule has 0 radical (unpaired) electrons. The van der Waals surface area contributed by atoms with Crippen LogP contribution in [0.1, 0.15) is 85.5 Å². The van der Waals surface area contributed by atoms with Crippen LogP contribution in [0.3, 0.4) is 0 Å². The van der Waals surface area contributed by atoms with Crippen LogP contribution in [0, 0.1) is 46.3 Å². The number of nitrogens with two attached hydrogens (primary N) is 1. The van der Waals surface area contributed by atoms with E-state index in [1.54, 1.807) is 0 Å². The van der Waals surface area contributed by atoms with Crippen LogP contribution in [0.15, 0.2) is 0 Å². The monoisotopic (exact) mass is 317 g/mol. The third kappa shape index (κ3) is 2.28. The first-order valence-corrected chi connectivity index (χ1v) is 10.6. The van der Waals surface area contributed by atoms with Crippen molar-refractivity contribution in [2.24, 2.45) is 52.1 Å². The quantitative estimate of drug-likeness (QED) is 0.666. The van der Waals surface area contributed by atoms with Crippen molar-refractivity contribution in [2.45, 2.75) is 91.5 Å². The molecule has 0 aromatic carbocycles. The van der Waals surface area contributed by atoms with Gasteiger partial charge in [0.15, 0.2) is 0 Å². The fourth-order valence-electron chi connectivity index (χ4n) is 8.43. The third-order valence-electron chi connectivity index (χ3n) is 9.58. The first-order chi connectivity index (χ1) is 10.9. The zero-order chi connectivity index (χ0) is 16.4. The topological polar surface area (TPSA) is 26.0 Å². The molecule has 8 atom stereocenters. The summed E-state index contributed by atoms with van der Waals surface area (Å²) >= 11 is 0. The van der Waals surface area contributed by atoms with E-state index < -0.39 is 0 Å².